The first-order valence-corrected chi connectivity index (χ1v) is 7.16. The monoisotopic (exact) mass is 322 g/mol. The lowest BCUT2D eigenvalue weighted by Gasteiger charge is -2.07. The van der Waals surface area contributed by atoms with Crippen molar-refractivity contribution < 1.29 is 4.79 Å². The molecule has 0 atom stereocenters. The van der Waals surface area contributed by atoms with Crippen molar-refractivity contribution in [3.63, 3.8) is 0 Å². The van der Waals surface area contributed by atoms with E-state index in [0.29, 0.717) is 33.1 Å². The number of nitrogens with one attached hydrogen (secondary N) is 2. The number of rotatable bonds is 3. The van der Waals surface area contributed by atoms with Crippen molar-refractivity contribution in [2.75, 3.05) is 5.32 Å². The summed E-state index contributed by atoms with van der Waals surface area (Å²) in [5, 5.41) is 18.9. The van der Waals surface area contributed by atoms with Gasteiger partial charge in [0.25, 0.3) is 5.91 Å². The molecule has 0 aliphatic carbocycles. The Kier molecular flexibility index (Phi) is 4.09. The number of aromatic nitrogens is 2. The van der Waals surface area contributed by atoms with Crippen molar-refractivity contribution in [2.24, 2.45) is 0 Å². The molecule has 0 spiro atoms. The number of carbonyl (C=O) groups is 1. The van der Waals surface area contributed by atoms with Crippen LogP contribution in [0.4, 0.5) is 5.69 Å². The second-order valence-corrected chi connectivity index (χ2v) is 5.19. The fraction of sp³-hybridized carbons (Fsp3) is 0. The number of anilines is 1. The molecule has 2 N–H and O–H groups in total. The molecule has 5 nitrogen and oxygen atoms in total. The summed E-state index contributed by atoms with van der Waals surface area (Å²) in [5.74, 6) is -0.330. The number of nitriles is 1. The van der Waals surface area contributed by atoms with Crippen LogP contribution in [-0.4, -0.2) is 16.1 Å². The van der Waals surface area contributed by atoms with Crippen LogP contribution in [0.25, 0.3) is 11.3 Å². The molecular formula is C17H11ClN4O. The molecule has 112 valence electrons. The summed E-state index contributed by atoms with van der Waals surface area (Å²) in [4.78, 5) is 12.5. The minimum absolute atomic E-state index is 0.330. The highest BCUT2D eigenvalue weighted by atomic mass is 35.5. The van der Waals surface area contributed by atoms with Gasteiger partial charge in [0, 0.05) is 16.3 Å². The van der Waals surface area contributed by atoms with Crippen molar-refractivity contribution in [2.45, 2.75) is 0 Å². The number of hydrogen-bond donors (Lipinski definition) is 2. The van der Waals surface area contributed by atoms with Crippen molar-refractivity contribution in [1.82, 2.24) is 10.2 Å². The second kappa shape index (κ2) is 6.34. The Morgan fingerprint density at radius 3 is 2.83 bits per heavy atom. The molecule has 1 amide bonds. The maximum atomic E-state index is 12.5. The first-order valence-electron chi connectivity index (χ1n) is 6.79. The third kappa shape index (κ3) is 3.07. The van der Waals surface area contributed by atoms with Gasteiger partial charge in [0.05, 0.1) is 29.1 Å². The van der Waals surface area contributed by atoms with Crippen molar-refractivity contribution >= 4 is 23.2 Å². The topological polar surface area (TPSA) is 81.6 Å². The molecule has 0 unspecified atom stereocenters. The van der Waals surface area contributed by atoms with Gasteiger partial charge in [0.2, 0.25) is 0 Å². The zero-order valence-electron chi connectivity index (χ0n) is 11.9. The summed E-state index contributed by atoms with van der Waals surface area (Å²) in [6.07, 6.45) is 1.45. The molecule has 3 rings (SSSR count). The lowest BCUT2D eigenvalue weighted by molar-refractivity contribution is 0.102. The molecule has 0 radical (unpaired) electrons. The Morgan fingerprint density at radius 2 is 2.04 bits per heavy atom. The molecule has 23 heavy (non-hydrogen) atoms. The molecule has 2 aromatic carbocycles. The summed E-state index contributed by atoms with van der Waals surface area (Å²) in [6, 6.07) is 15.9. The van der Waals surface area contributed by atoms with Gasteiger partial charge in [0.15, 0.2) is 0 Å². The number of amides is 1. The fourth-order valence-corrected chi connectivity index (χ4v) is 2.42. The Bertz CT molecular complexity index is 911. The van der Waals surface area contributed by atoms with Gasteiger partial charge in [-0.1, -0.05) is 35.9 Å². The second-order valence-electron chi connectivity index (χ2n) is 4.79. The van der Waals surface area contributed by atoms with Gasteiger partial charge in [-0.05, 0) is 24.3 Å². The van der Waals surface area contributed by atoms with E-state index < -0.39 is 0 Å². The van der Waals surface area contributed by atoms with Crippen LogP contribution in [0.15, 0.2) is 54.7 Å². The maximum Gasteiger partial charge on any atom is 0.259 e. The molecule has 1 heterocycles. The first-order chi connectivity index (χ1) is 11.2. The van der Waals surface area contributed by atoms with E-state index >= 15 is 0 Å². The normalized spacial score (nSPS) is 10.1. The highest BCUT2D eigenvalue weighted by Gasteiger charge is 2.17. The van der Waals surface area contributed by atoms with Gasteiger partial charge in [-0.15, -0.1) is 0 Å². The third-order valence-corrected chi connectivity index (χ3v) is 3.61. The Labute approximate surface area is 137 Å². The van der Waals surface area contributed by atoms with Crippen molar-refractivity contribution in [3.8, 4) is 17.3 Å². The number of aromatic amines is 1. The van der Waals surface area contributed by atoms with Gasteiger partial charge in [-0.2, -0.15) is 10.4 Å². The van der Waals surface area contributed by atoms with Crippen LogP contribution >= 0.6 is 11.6 Å². The predicted octanol–water partition coefficient (Wildman–Crippen LogP) is 3.85. The Hall–Kier alpha value is -3.10. The van der Waals surface area contributed by atoms with Crippen LogP contribution in [0.2, 0.25) is 5.02 Å². The lowest BCUT2D eigenvalue weighted by atomic mass is 10.1. The standard InChI is InChI=1S/C17H11ClN4O/c18-15-7-2-1-6-13(15)16-14(10-20-22-16)17(23)21-12-5-3-4-11(8-12)9-19/h1-8,10H,(H,20,22)(H,21,23). The largest absolute Gasteiger partial charge is 0.322 e. The zero-order chi connectivity index (χ0) is 16.2. The minimum Gasteiger partial charge on any atom is -0.322 e. The molecule has 0 bridgehead atoms. The fourth-order valence-electron chi connectivity index (χ4n) is 2.19. The van der Waals surface area contributed by atoms with Crippen LogP contribution in [0.1, 0.15) is 15.9 Å². The highest BCUT2D eigenvalue weighted by molar-refractivity contribution is 6.33. The van der Waals surface area contributed by atoms with Crippen molar-refractivity contribution in [3.05, 3.63) is 70.9 Å². The molecule has 0 saturated carbocycles. The van der Waals surface area contributed by atoms with Gasteiger partial charge < -0.3 is 5.32 Å². The lowest BCUT2D eigenvalue weighted by Crippen LogP contribution is -2.12. The van der Waals surface area contributed by atoms with E-state index in [-0.39, 0.29) is 5.91 Å². The maximum absolute atomic E-state index is 12.5. The van der Waals surface area contributed by atoms with Crippen LogP contribution in [0.5, 0.6) is 0 Å². The first kappa shape index (κ1) is 14.8. The van der Waals surface area contributed by atoms with Gasteiger partial charge in [0.1, 0.15) is 0 Å². The number of H-pyrrole nitrogens is 1. The molecule has 0 saturated heterocycles. The van der Waals surface area contributed by atoms with E-state index in [2.05, 4.69) is 15.5 Å². The number of nitrogens with zero attached hydrogens (tertiary/aromatic N) is 2. The predicted molar refractivity (Wildman–Crippen MR) is 88.1 cm³/mol. The van der Waals surface area contributed by atoms with E-state index in [9.17, 15) is 4.79 Å². The summed E-state index contributed by atoms with van der Waals surface area (Å²) >= 11 is 6.18. The average Bonchev–Trinajstić information content (AvgIpc) is 3.05. The van der Waals surface area contributed by atoms with E-state index in [0.717, 1.165) is 0 Å². The molecule has 0 aliphatic rings. The minimum atomic E-state index is -0.330. The SMILES string of the molecule is N#Cc1cccc(NC(=O)c2cn[nH]c2-c2ccccc2Cl)c1. The van der Waals surface area contributed by atoms with Crippen molar-refractivity contribution in [1.29, 1.82) is 5.26 Å². The summed E-state index contributed by atoms with van der Waals surface area (Å²) in [6.45, 7) is 0. The van der Waals surface area contributed by atoms with E-state index in [1.165, 1.54) is 6.20 Å². The smallest absolute Gasteiger partial charge is 0.259 e. The van der Waals surface area contributed by atoms with Crippen LogP contribution < -0.4 is 5.32 Å². The van der Waals surface area contributed by atoms with Gasteiger partial charge in [-0.3, -0.25) is 9.89 Å². The zero-order valence-corrected chi connectivity index (χ0v) is 12.6. The molecule has 3 aromatic rings. The third-order valence-electron chi connectivity index (χ3n) is 3.28. The molecular weight excluding hydrogens is 312 g/mol. The summed E-state index contributed by atoms with van der Waals surface area (Å²) in [7, 11) is 0. The van der Waals surface area contributed by atoms with Gasteiger partial charge >= 0.3 is 0 Å². The number of carbonyl (C=O) groups excluding carboxylic acids is 1. The van der Waals surface area contributed by atoms with Crippen LogP contribution in [0.3, 0.4) is 0 Å². The van der Waals surface area contributed by atoms with E-state index in [1.807, 2.05) is 24.3 Å². The number of halogens is 1. The number of benzene rings is 2. The molecule has 6 heteroatoms. The molecule has 0 aliphatic heterocycles. The Balaban J connectivity index is 1.91. The van der Waals surface area contributed by atoms with Crippen LogP contribution in [-0.2, 0) is 0 Å². The summed E-state index contributed by atoms with van der Waals surface area (Å²) in [5.41, 5.74) is 2.63. The number of hydrogen-bond acceptors (Lipinski definition) is 3. The van der Waals surface area contributed by atoms with Gasteiger partial charge in [-0.25, -0.2) is 0 Å². The van der Waals surface area contributed by atoms with E-state index in [4.69, 9.17) is 16.9 Å². The average molecular weight is 323 g/mol. The van der Waals surface area contributed by atoms with Crippen LogP contribution in [0, 0.1) is 11.3 Å². The molecule has 0 fully saturated rings. The highest BCUT2D eigenvalue weighted by Crippen LogP contribution is 2.28. The summed E-state index contributed by atoms with van der Waals surface area (Å²) < 4.78 is 0. The molecule has 1 aromatic heterocycles. The quantitative estimate of drug-likeness (QED) is 0.768. The Morgan fingerprint density at radius 1 is 1.22 bits per heavy atom. The van der Waals surface area contributed by atoms with E-state index in [1.54, 1.807) is 30.3 Å².